The van der Waals surface area contributed by atoms with Crippen LogP contribution in [0.3, 0.4) is 0 Å². The van der Waals surface area contributed by atoms with E-state index in [1.807, 2.05) is 56.4 Å². The molecule has 0 saturated carbocycles. The standard InChI is InChI=1S/C27H29NO/c1-7-10-12-16-22(5)27(24-17-13-11-14-18-24)26(21(4)9-3)23(6)19-25(15-8-2)29-20-28/h7-19,26-27H,3-6H2,1-2H3/b10-7-,15-8-,16-12-,25-19+. The van der Waals surface area contributed by atoms with Crippen LogP contribution in [0.1, 0.15) is 25.3 Å². The first-order chi connectivity index (χ1) is 14.0. The number of ether oxygens (including phenoxy) is 1. The fourth-order valence-electron chi connectivity index (χ4n) is 3.07. The SMILES string of the molecule is C=CC(=C)C(C(=C)/C=C(\C=C/C)OC#N)C(C(=C)/C=C\C=C/C)c1ccccc1. The molecule has 148 valence electrons. The summed E-state index contributed by atoms with van der Waals surface area (Å²) in [6.45, 7) is 20.5. The molecule has 0 aromatic heterocycles. The third kappa shape index (κ3) is 7.16. The van der Waals surface area contributed by atoms with Crippen LogP contribution in [-0.2, 0) is 4.74 Å². The van der Waals surface area contributed by atoms with Crippen molar-refractivity contribution in [2.45, 2.75) is 19.8 Å². The Labute approximate surface area is 175 Å². The minimum Gasteiger partial charge on any atom is -0.388 e. The topological polar surface area (TPSA) is 33.0 Å². The molecule has 1 rings (SSSR count). The monoisotopic (exact) mass is 383 g/mol. The molecule has 0 N–H and O–H groups in total. The molecule has 0 bridgehead atoms. The van der Waals surface area contributed by atoms with Gasteiger partial charge in [0.1, 0.15) is 5.76 Å². The zero-order valence-corrected chi connectivity index (χ0v) is 17.3. The summed E-state index contributed by atoms with van der Waals surface area (Å²) < 4.78 is 5.06. The average molecular weight is 384 g/mol. The number of nitriles is 1. The van der Waals surface area contributed by atoms with Crippen molar-refractivity contribution in [3.8, 4) is 6.26 Å². The molecule has 0 saturated heterocycles. The fourth-order valence-corrected chi connectivity index (χ4v) is 3.07. The Bertz CT molecular complexity index is 888. The summed E-state index contributed by atoms with van der Waals surface area (Å²) in [6.07, 6.45) is 16.6. The molecule has 0 heterocycles. The van der Waals surface area contributed by atoms with Crippen LogP contribution in [0.25, 0.3) is 0 Å². The van der Waals surface area contributed by atoms with Crippen LogP contribution < -0.4 is 0 Å². The Hall–Kier alpha value is -3.57. The summed E-state index contributed by atoms with van der Waals surface area (Å²) in [5.74, 6) is 0.129. The highest BCUT2D eigenvalue weighted by atomic mass is 16.5. The number of rotatable bonds is 11. The van der Waals surface area contributed by atoms with Gasteiger partial charge in [0.15, 0.2) is 0 Å². The van der Waals surface area contributed by atoms with Crippen LogP contribution in [0.4, 0.5) is 0 Å². The molecule has 2 nitrogen and oxygen atoms in total. The van der Waals surface area contributed by atoms with Crippen molar-refractivity contribution in [1.82, 2.24) is 0 Å². The van der Waals surface area contributed by atoms with Gasteiger partial charge in [-0.3, -0.25) is 0 Å². The predicted octanol–water partition coefficient (Wildman–Crippen LogP) is 7.33. The van der Waals surface area contributed by atoms with E-state index in [0.29, 0.717) is 5.76 Å². The number of hydrogen-bond donors (Lipinski definition) is 0. The van der Waals surface area contributed by atoms with E-state index in [9.17, 15) is 0 Å². The lowest BCUT2D eigenvalue weighted by atomic mass is 9.73. The van der Waals surface area contributed by atoms with E-state index in [4.69, 9.17) is 10.00 Å². The molecule has 0 amide bonds. The second-order valence-electron chi connectivity index (χ2n) is 6.42. The van der Waals surface area contributed by atoms with E-state index < -0.39 is 0 Å². The Morgan fingerprint density at radius 3 is 2.21 bits per heavy atom. The van der Waals surface area contributed by atoms with Crippen molar-refractivity contribution in [2.24, 2.45) is 5.92 Å². The van der Waals surface area contributed by atoms with Crippen LogP contribution in [0, 0.1) is 17.4 Å². The zero-order chi connectivity index (χ0) is 21.6. The molecule has 1 aromatic carbocycles. The average Bonchev–Trinajstić information content (AvgIpc) is 2.72. The smallest absolute Gasteiger partial charge is 0.292 e. The highest BCUT2D eigenvalue weighted by Crippen LogP contribution is 2.40. The molecule has 0 aliphatic carbocycles. The second kappa shape index (κ2) is 12.8. The molecule has 2 atom stereocenters. The Kier molecular flexibility index (Phi) is 10.3. The predicted molar refractivity (Wildman–Crippen MR) is 124 cm³/mol. The van der Waals surface area contributed by atoms with E-state index >= 15 is 0 Å². The van der Waals surface area contributed by atoms with Crippen molar-refractivity contribution in [3.63, 3.8) is 0 Å². The molecule has 0 fully saturated rings. The molecule has 29 heavy (non-hydrogen) atoms. The minimum atomic E-state index is -0.194. The first kappa shape index (κ1) is 23.5. The summed E-state index contributed by atoms with van der Waals surface area (Å²) in [6, 6.07) is 10.1. The Morgan fingerprint density at radius 2 is 1.66 bits per heavy atom. The number of hydrogen-bond acceptors (Lipinski definition) is 2. The van der Waals surface area contributed by atoms with Gasteiger partial charge < -0.3 is 4.74 Å². The van der Waals surface area contributed by atoms with Gasteiger partial charge in [-0.05, 0) is 48.3 Å². The van der Waals surface area contributed by atoms with Crippen molar-refractivity contribution in [1.29, 1.82) is 5.26 Å². The van der Waals surface area contributed by atoms with Crippen LogP contribution >= 0.6 is 0 Å². The summed E-state index contributed by atoms with van der Waals surface area (Å²) in [5.41, 5.74) is 3.59. The van der Waals surface area contributed by atoms with Gasteiger partial charge in [-0.15, -0.1) is 5.26 Å². The normalized spacial score (nSPS) is 13.9. The maximum atomic E-state index is 8.93. The van der Waals surface area contributed by atoms with E-state index in [2.05, 4.69) is 38.4 Å². The van der Waals surface area contributed by atoms with E-state index in [1.165, 1.54) is 0 Å². The van der Waals surface area contributed by atoms with Crippen LogP contribution in [0.5, 0.6) is 0 Å². The third-order valence-electron chi connectivity index (χ3n) is 4.39. The van der Waals surface area contributed by atoms with Crippen molar-refractivity contribution in [2.75, 3.05) is 0 Å². The summed E-state index contributed by atoms with van der Waals surface area (Å²) in [4.78, 5) is 0. The second-order valence-corrected chi connectivity index (χ2v) is 6.42. The number of nitrogens with zero attached hydrogens (tertiary/aromatic N) is 1. The van der Waals surface area contributed by atoms with Gasteiger partial charge in [0.05, 0.1) is 0 Å². The first-order valence-corrected chi connectivity index (χ1v) is 9.43. The third-order valence-corrected chi connectivity index (χ3v) is 4.39. The molecule has 0 aliphatic rings. The lowest BCUT2D eigenvalue weighted by Crippen LogP contribution is -2.17. The summed E-state index contributed by atoms with van der Waals surface area (Å²) >= 11 is 0. The first-order valence-electron chi connectivity index (χ1n) is 9.43. The highest BCUT2D eigenvalue weighted by molar-refractivity contribution is 5.45. The van der Waals surface area contributed by atoms with Gasteiger partial charge in [0, 0.05) is 11.8 Å². The fraction of sp³-hybridized carbons (Fsp3) is 0.148. The van der Waals surface area contributed by atoms with E-state index in [-0.39, 0.29) is 11.8 Å². The summed E-state index contributed by atoms with van der Waals surface area (Å²) in [5, 5.41) is 8.93. The molecule has 0 radical (unpaired) electrons. The van der Waals surface area contributed by atoms with Crippen LogP contribution in [0.15, 0.2) is 128 Å². The van der Waals surface area contributed by atoms with Gasteiger partial charge in [-0.2, -0.15) is 0 Å². The lowest BCUT2D eigenvalue weighted by molar-refractivity contribution is 0.391. The molecular formula is C27H29NO. The van der Waals surface area contributed by atoms with Crippen molar-refractivity contribution < 1.29 is 4.74 Å². The maximum Gasteiger partial charge on any atom is 0.292 e. The molecular weight excluding hydrogens is 354 g/mol. The number of benzene rings is 1. The van der Waals surface area contributed by atoms with Gasteiger partial charge in [0.25, 0.3) is 6.26 Å². The minimum absolute atomic E-state index is 0.0964. The van der Waals surface area contributed by atoms with Gasteiger partial charge in [-0.1, -0.05) is 93.1 Å². The van der Waals surface area contributed by atoms with Crippen LogP contribution in [0.2, 0.25) is 0 Å². The molecule has 0 aliphatic heterocycles. The number of allylic oxidation sites excluding steroid dienone is 11. The van der Waals surface area contributed by atoms with Crippen molar-refractivity contribution in [3.05, 3.63) is 133 Å². The maximum absolute atomic E-state index is 8.93. The van der Waals surface area contributed by atoms with Gasteiger partial charge in [-0.25, -0.2) is 0 Å². The van der Waals surface area contributed by atoms with E-state index in [0.717, 1.165) is 22.3 Å². The lowest BCUT2D eigenvalue weighted by Gasteiger charge is -2.30. The molecule has 0 spiro atoms. The quantitative estimate of drug-likeness (QED) is 0.228. The zero-order valence-electron chi connectivity index (χ0n) is 17.3. The van der Waals surface area contributed by atoms with Crippen molar-refractivity contribution >= 4 is 0 Å². The van der Waals surface area contributed by atoms with E-state index in [1.54, 1.807) is 30.6 Å². The highest BCUT2D eigenvalue weighted by Gasteiger charge is 2.28. The van der Waals surface area contributed by atoms with Crippen LogP contribution in [-0.4, -0.2) is 0 Å². The Balaban J connectivity index is 3.54. The Morgan fingerprint density at radius 1 is 0.966 bits per heavy atom. The summed E-state index contributed by atoms with van der Waals surface area (Å²) in [7, 11) is 0. The van der Waals surface area contributed by atoms with Gasteiger partial charge >= 0.3 is 0 Å². The largest absolute Gasteiger partial charge is 0.388 e. The molecule has 2 unspecified atom stereocenters. The molecule has 2 heteroatoms. The van der Waals surface area contributed by atoms with Gasteiger partial charge in [0.2, 0.25) is 0 Å². The molecule has 1 aromatic rings.